The molecule has 5 nitrogen and oxygen atoms in total. The highest BCUT2D eigenvalue weighted by atomic mass is 16.6. The van der Waals surface area contributed by atoms with Crippen LogP contribution in [0.2, 0.25) is 0 Å². The van der Waals surface area contributed by atoms with Crippen molar-refractivity contribution in [2.75, 3.05) is 5.32 Å². The van der Waals surface area contributed by atoms with Gasteiger partial charge in [-0.1, -0.05) is 5.92 Å². The molecule has 0 unspecified atom stereocenters. The van der Waals surface area contributed by atoms with Crippen LogP contribution in [0.3, 0.4) is 0 Å². The van der Waals surface area contributed by atoms with Crippen molar-refractivity contribution in [2.24, 2.45) is 0 Å². The number of nitro groups is 1. The Bertz CT molecular complexity index is 536. The topological polar surface area (TPSA) is 79.0 Å². The predicted octanol–water partition coefficient (Wildman–Crippen LogP) is 2.29. The first-order valence-corrected chi connectivity index (χ1v) is 4.84. The molecule has 0 radical (unpaired) electrons. The van der Waals surface area contributed by atoms with Gasteiger partial charge in [-0.05, 0) is 26.0 Å². The summed E-state index contributed by atoms with van der Waals surface area (Å²) in [6.45, 7) is 3.44. The maximum atomic E-state index is 10.8. The first-order chi connectivity index (χ1) is 7.89. The molecule has 1 N–H and O–H groups in total. The fraction of sp³-hybridized carbons (Fsp3) is 0.250. The Hall–Kier alpha value is -2.53. The molecule has 1 rings (SSSR count). The highest BCUT2D eigenvalue weighted by Crippen LogP contribution is 2.27. The van der Waals surface area contributed by atoms with Gasteiger partial charge >= 0.3 is 0 Å². The summed E-state index contributed by atoms with van der Waals surface area (Å²) in [6, 6.07) is 6.02. The van der Waals surface area contributed by atoms with E-state index in [9.17, 15) is 10.1 Å². The first-order valence-electron chi connectivity index (χ1n) is 4.84. The van der Waals surface area contributed by atoms with E-state index in [4.69, 9.17) is 11.7 Å². The number of anilines is 1. The summed E-state index contributed by atoms with van der Waals surface area (Å²) in [5, 5.41) is 22.4. The number of nitro benzene ring substituents is 1. The molecule has 0 aromatic heterocycles. The van der Waals surface area contributed by atoms with Crippen LogP contribution in [-0.4, -0.2) is 10.5 Å². The lowest BCUT2D eigenvalue weighted by Gasteiger charge is -2.20. The largest absolute Gasteiger partial charge is 0.364 e. The van der Waals surface area contributed by atoms with Gasteiger partial charge in [0.25, 0.3) is 5.69 Å². The van der Waals surface area contributed by atoms with Crippen LogP contribution >= 0.6 is 0 Å². The van der Waals surface area contributed by atoms with Gasteiger partial charge in [-0.25, -0.2) is 0 Å². The van der Waals surface area contributed by atoms with Crippen molar-refractivity contribution < 1.29 is 4.92 Å². The van der Waals surface area contributed by atoms with Crippen molar-refractivity contribution in [2.45, 2.75) is 19.4 Å². The van der Waals surface area contributed by atoms with E-state index in [1.807, 2.05) is 6.07 Å². The summed E-state index contributed by atoms with van der Waals surface area (Å²) < 4.78 is 0. The standard InChI is InChI=1S/C12H11N3O2/c1-4-12(2,3)14-10-7-9(8-13)5-6-11(10)15(16)17/h1,5-7,14H,2-3H3. The van der Waals surface area contributed by atoms with E-state index in [-0.39, 0.29) is 11.4 Å². The number of hydrogen-bond donors (Lipinski definition) is 1. The first kappa shape index (κ1) is 12.5. The number of benzene rings is 1. The molecule has 5 heteroatoms. The summed E-state index contributed by atoms with van der Waals surface area (Å²) in [5.41, 5.74) is -0.242. The Balaban J connectivity index is 3.25. The summed E-state index contributed by atoms with van der Waals surface area (Å²) in [6.07, 6.45) is 5.30. The lowest BCUT2D eigenvalue weighted by Crippen LogP contribution is -2.28. The van der Waals surface area contributed by atoms with Gasteiger partial charge in [-0.2, -0.15) is 5.26 Å². The third-order valence-corrected chi connectivity index (χ3v) is 2.13. The fourth-order valence-corrected chi connectivity index (χ4v) is 1.24. The number of nitrogens with zero attached hydrogens (tertiary/aromatic N) is 2. The van der Waals surface area contributed by atoms with Crippen molar-refractivity contribution in [3.05, 3.63) is 33.9 Å². The van der Waals surface area contributed by atoms with E-state index in [2.05, 4.69) is 11.2 Å². The molecule has 86 valence electrons. The Morgan fingerprint density at radius 1 is 1.53 bits per heavy atom. The van der Waals surface area contributed by atoms with Gasteiger partial charge < -0.3 is 5.32 Å². The summed E-state index contributed by atoms with van der Waals surface area (Å²) >= 11 is 0. The minimum atomic E-state index is -0.723. The number of nitrogens with one attached hydrogen (secondary N) is 1. The number of nitriles is 1. The zero-order valence-electron chi connectivity index (χ0n) is 9.52. The van der Waals surface area contributed by atoms with Crippen molar-refractivity contribution in [3.63, 3.8) is 0 Å². The second-order valence-electron chi connectivity index (χ2n) is 4.00. The third kappa shape index (κ3) is 2.96. The molecule has 0 saturated carbocycles. The highest BCUT2D eigenvalue weighted by molar-refractivity contribution is 5.66. The monoisotopic (exact) mass is 229 g/mol. The lowest BCUT2D eigenvalue weighted by atomic mass is 10.1. The third-order valence-electron chi connectivity index (χ3n) is 2.13. The van der Waals surface area contributed by atoms with E-state index in [1.165, 1.54) is 18.2 Å². The molecule has 0 fully saturated rings. The summed E-state index contributed by atoms with van der Waals surface area (Å²) in [7, 11) is 0. The molecule has 0 bridgehead atoms. The van der Waals surface area contributed by atoms with Crippen molar-refractivity contribution in [3.8, 4) is 18.4 Å². The van der Waals surface area contributed by atoms with E-state index >= 15 is 0 Å². The van der Waals surface area contributed by atoms with Crippen LogP contribution < -0.4 is 5.32 Å². The lowest BCUT2D eigenvalue weighted by molar-refractivity contribution is -0.384. The van der Waals surface area contributed by atoms with Crippen molar-refractivity contribution >= 4 is 11.4 Å². The van der Waals surface area contributed by atoms with Gasteiger partial charge in [0, 0.05) is 6.07 Å². The summed E-state index contributed by atoms with van der Waals surface area (Å²) in [5.74, 6) is 2.48. The number of hydrogen-bond acceptors (Lipinski definition) is 4. The average Bonchev–Trinajstić information content (AvgIpc) is 2.28. The number of terminal acetylenes is 1. The fourth-order valence-electron chi connectivity index (χ4n) is 1.24. The van der Waals surface area contributed by atoms with E-state index < -0.39 is 10.5 Å². The Morgan fingerprint density at radius 3 is 2.65 bits per heavy atom. The van der Waals surface area contributed by atoms with Crippen LogP contribution in [0, 0.1) is 33.8 Å². The molecule has 0 aliphatic carbocycles. The summed E-state index contributed by atoms with van der Waals surface area (Å²) in [4.78, 5) is 10.3. The zero-order chi connectivity index (χ0) is 13.1. The van der Waals surface area contributed by atoms with E-state index in [0.717, 1.165) is 0 Å². The van der Waals surface area contributed by atoms with Crippen molar-refractivity contribution in [1.29, 1.82) is 5.26 Å². The molecule has 1 aromatic rings. The predicted molar refractivity (Wildman–Crippen MR) is 64.3 cm³/mol. The Labute approximate surface area is 99.2 Å². The minimum absolute atomic E-state index is 0.104. The molecule has 0 spiro atoms. The van der Waals surface area contributed by atoms with Gasteiger partial charge in [0.15, 0.2) is 0 Å². The Morgan fingerprint density at radius 2 is 2.18 bits per heavy atom. The van der Waals surface area contributed by atoms with Gasteiger partial charge in [-0.3, -0.25) is 10.1 Å². The van der Waals surface area contributed by atoms with Crippen LogP contribution in [0.5, 0.6) is 0 Å². The molecular formula is C12H11N3O2. The molecule has 1 aromatic carbocycles. The molecule has 0 saturated heterocycles. The quantitative estimate of drug-likeness (QED) is 0.490. The second kappa shape index (κ2) is 4.54. The molecule has 0 atom stereocenters. The van der Waals surface area contributed by atoms with Gasteiger partial charge in [0.2, 0.25) is 0 Å². The Kier molecular flexibility index (Phi) is 3.35. The SMILES string of the molecule is C#CC(C)(C)Nc1cc(C#N)ccc1[N+](=O)[O-]. The molecule has 17 heavy (non-hydrogen) atoms. The molecule has 0 amide bonds. The van der Waals surface area contributed by atoms with E-state index in [0.29, 0.717) is 5.56 Å². The van der Waals surface area contributed by atoms with Crippen LogP contribution in [-0.2, 0) is 0 Å². The molecule has 0 aliphatic rings. The van der Waals surface area contributed by atoms with Gasteiger partial charge in [0.1, 0.15) is 5.69 Å². The van der Waals surface area contributed by atoms with E-state index in [1.54, 1.807) is 13.8 Å². The second-order valence-corrected chi connectivity index (χ2v) is 4.00. The molecule has 0 aliphatic heterocycles. The van der Waals surface area contributed by atoms with Crippen LogP contribution in [0.15, 0.2) is 18.2 Å². The minimum Gasteiger partial charge on any atom is -0.364 e. The van der Waals surface area contributed by atoms with Crippen molar-refractivity contribution in [1.82, 2.24) is 0 Å². The molecular weight excluding hydrogens is 218 g/mol. The average molecular weight is 229 g/mol. The highest BCUT2D eigenvalue weighted by Gasteiger charge is 2.20. The smallest absolute Gasteiger partial charge is 0.292 e. The van der Waals surface area contributed by atoms with Crippen LogP contribution in [0.1, 0.15) is 19.4 Å². The maximum absolute atomic E-state index is 10.8. The van der Waals surface area contributed by atoms with Gasteiger partial charge in [-0.15, -0.1) is 6.42 Å². The van der Waals surface area contributed by atoms with Crippen LogP contribution in [0.4, 0.5) is 11.4 Å². The molecule has 0 heterocycles. The number of rotatable bonds is 3. The normalized spacial score (nSPS) is 10.1. The zero-order valence-corrected chi connectivity index (χ0v) is 9.52. The maximum Gasteiger partial charge on any atom is 0.292 e. The van der Waals surface area contributed by atoms with Gasteiger partial charge in [0.05, 0.1) is 22.1 Å². The van der Waals surface area contributed by atoms with Crippen LogP contribution in [0.25, 0.3) is 0 Å².